The third-order valence-corrected chi connectivity index (χ3v) is 3.51. The Morgan fingerprint density at radius 3 is 2.72 bits per heavy atom. The van der Waals surface area contributed by atoms with Crippen molar-refractivity contribution in [1.29, 1.82) is 0 Å². The van der Waals surface area contributed by atoms with Crippen LogP contribution in [0.2, 0.25) is 0 Å². The van der Waals surface area contributed by atoms with Gasteiger partial charge in [-0.1, -0.05) is 12.8 Å². The lowest BCUT2D eigenvalue weighted by atomic mass is 10.1. The van der Waals surface area contributed by atoms with E-state index in [-0.39, 0.29) is 12.5 Å². The van der Waals surface area contributed by atoms with Gasteiger partial charge in [-0.3, -0.25) is 4.79 Å². The molecule has 1 aliphatic rings. The van der Waals surface area contributed by atoms with E-state index in [1.165, 1.54) is 12.8 Å². The van der Waals surface area contributed by atoms with Crippen molar-refractivity contribution in [2.24, 2.45) is 0 Å². The second kappa shape index (κ2) is 7.24. The first kappa shape index (κ1) is 14.8. The smallest absolute Gasteiger partial charge is 0.319 e. The van der Waals surface area contributed by atoms with E-state index in [1.807, 2.05) is 4.90 Å². The molecule has 0 spiro atoms. The van der Waals surface area contributed by atoms with Gasteiger partial charge in [0, 0.05) is 32.6 Å². The Bertz CT molecular complexity index is 294. The van der Waals surface area contributed by atoms with Crippen LogP contribution in [-0.4, -0.2) is 53.1 Å². The number of carbonyl (C=O) groups excluding carboxylic acids is 1. The van der Waals surface area contributed by atoms with Crippen molar-refractivity contribution in [1.82, 2.24) is 9.80 Å². The minimum atomic E-state index is -0.806. The van der Waals surface area contributed by atoms with Crippen LogP contribution in [0.15, 0.2) is 0 Å². The molecule has 1 unspecified atom stereocenters. The second-order valence-electron chi connectivity index (χ2n) is 5.09. The number of carbonyl (C=O) groups is 2. The maximum atomic E-state index is 12.2. The fourth-order valence-electron chi connectivity index (χ4n) is 2.34. The minimum absolute atomic E-state index is 0.0368. The van der Waals surface area contributed by atoms with Gasteiger partial charge in [0.15, 0.2) is 0 Å². The summed E-state index contributed by atoms with van der Waals surface area (Å²) in [7, 11) is 1.75. The third-order valence-electron chi connectivity index (χ3n) is 3.51. The Morgan fingerprint density at radius 2 is 2.06 bits per heavy atom. The molecule has 0 radical (unpaired) electrons. The van der Waals surface area contributed by atoms with Crippen molar-refractivity contribution in [3.05, 3.63) is 0 Å². The zero-order chi connectivity index (χ0) is 13.5. The van der Waals surface area contributed by atoms with Crippen molar-refractivity contribution in [3.8, 4) is 0 Å². The Balaban J connectivity index is 2.43. The van der Waals surface area contributed by atoms with E-state index in [4.69, 9.17) is 5.11 Å². The lowest BCUT2D eigenvalue weighted by Crippen LogP contribution is -2.45. The summed E-state index contributed by atoms with van der Waals surface area (Å²) < 4.78 is 0. The summed E-state index contributed by atoms with van der Waals surface area (Å²) in [6.45, 7) is 3.42. The fraction of sp³-hybridized carbons (Fsp3) is 0.846. The molecule has 0 aromatic rings. The molecule has 1 atom stereocenters. The molecule has 1 fully saturated rings. The highest BCUT2D eigenvalue weighted by atomic mass is 16.4. The first-order valence-electron chi connectivity index (χ1n) is 6.76. The van der Waals surface area contributed by atoms with E-state index in [0.29, 0.717) is 19.0 Å². The Hall–Kier alpha value is -1.26. The summed E-state index contributed by atoms with van der Waals surface area (Å²) in [5, 5.41) is 8.58. The highest BCUT2D eigenvalue weighted by Crippen LogP contribution is 2.17. The number of rotatable bonds is 4. The molecular formula is C13H24N2O3. The van der Waals surface area contributed by atoms with Crippen LogP contribution in [0, 0.1) is 0 Å². The van der Waals surface area contributed by atoms with E-state index in [0.717, 1.165) is 19.4 Å². The summed E-state index contributed by atoms with van der Waals surface area (Å²) in [5.74, 6) is -0.806. The molecule has 104 valence electrons. The zero-order valence-corrected chi connectivity index (χ0v) is 11.4. The number of likely N-dealkylation sites (tertiary alicyclic amines) is 1. The Kier molecular flexibility index (Phi) is 5.95. The van der Waals surface area contributed by atoms with Crippen molar-refractivity contribution >= 4 is 12.0 Å². The van der Waals surface area contributed by atoms with Crippen molar-refractivity contribution in [2.45, 2.75) is 51.5 Å². The van der Waals surface area contributed by atoms with Crippen LogP contribution in [0.1, 0.15) is 45.4 Å². The lowest BCUT2D eigenvalue weighted by molar-refractivity contribution is -0.137. The molecule has 18 heavy (non-hydrogen) atoms. The van der Waals surface area contributed by atoms with E-state index >= 15 is 0 Å². The largest absolute Gasteiger partial charge is 0.481 e. The van der Waals surface area contributed by atoms with E-state index < -0.39 is 5.97 Å². The highest BCUT2D eigenvalue weighted by molar-refractivity contribution is 5.74. The normalized spacial score (nSPS) is 20.3. The van der Waals surface area contributed by atoms with Crippen LogP contribution >= 0.6 is 0 Å². The fourth-order valence-corrected chi connectivity index (χ4v) is 2.34. The van der Waals surface area contributed by atoms with Gasteiger partial charge in [0.05, 0.1) is 0 Å². The van der Waals surface area contributed by atoms with E-state index in [2.05, 4.69) is 6.92 Å². The lowest BCUT2D eigenvalue weighted by Gasteiger charge is -2.31. The van der Waals surface area contributed by atoms with Crippen LogP contribution in [0.4, 0.5) is 4.79 Å². The maximum absolute atomic E-state index is 12.2. The Labute approximate surface area is 109 Å². The first-order chi connectivity index (χ1) is 8.52. The SMILES string of the molecule is CC1CCCCCN1C(=O)N(C)CCCC(=O)O. The molecule has 0 bridgehead atoms. The predicted octanol–water partition coefficient (Wildman–Crippen LogP) is 2.17. The van der Waals surface area contributed by atoms with Crippen LogP contribution in [-0.2, 0) is 4.79 Å². The van der Waals surface area contributed by atoms with E-state index in [1.54, 1.807) is 11.9 Å². The number of urea groups is 1. The van der Waals surface area contributed by atoms with Gasteiger partial charge in [-0.05, 0) is 26.2 Å². The molecule has 1 aliphatic heterocycles. The van der Waals surface area contributed by atoms with E-state index in [9.17, 15) is 9.59 Å². The zero-order valence-electron chi connectivity index (χ0n) is 11.4. The van der Waals surface area contributed by atoms with Gasteiger partial charge >= 0.3 is 12.0 Å². The van der Waals surface area contributed by atoms with Crippen LogP contribution in [0.5, 0.6) is 0 Å². The predicted molar refractivity (Wildman–Crippen MR) is 69.5 cm³/mol. The van der Waals surface area contributed by atoms with Gasteiger partial charge in [-0.15, -0.1) is 0 Å². The molecule has 0 aliphatic carbocycles. The average molecular weight is 256 g/mol. The first-order valence-corrected chi connectivity index (χ1v) is 6.76. The van der Waals surface area contributed by atoms with Gasteiger partial charge in [0.2, 0.25) is 0 Å². The molecule has 0 aromatic carbocycles. The average Bonchev–Trinajstić information content (AvgIpc) is 2.52. The molecule has 1 rings (SSSR count). The number of nitrogens with zero attached hydrogens (tertiary/aromatic N) is 2. The molecule has 1 heterocycles. The standard InChI is InChI=1S/C13H24N2O3/c1-11-7-4-3-5-10-15(11)13(18)14(2)9-6-8-12(16)17/h11H,3-10H2,1-2H3,(H,16,17). The molecule has 2 amide bonds. The summed E-state index contributed by atoms with van der Waals surface area (Å²) in [6.07, 6.45) is 5.14. The summed E-state index contributed by atoms with van der Waals surface area (Å²) in [6, 6.07) is 0.330. The van der Waals surface area contributed by atoms with Crippen molar-refractivity contribution in [3.63, 3.8) is 0 Å². The van der Waals surface area contributed by atoms with Crippen molar-refractivity contribution < 1.29 is 14.7 Å². The monoisotopic (exact) mass is 256 g/mol. The molecule has 0 saturated carbocycles. The molecule has 5 nitrogen and oxygen atoms in total. The number of carboxylic acid groups (broad SMARTS) is 1. The van der Waals surface area contributed by atoms with Gasteiger partial charge in [-0.25, -0.2) is 4.79 Å². The molecule has 1 N–H and O–H groups in total. The molecular weight excluding hydrogens is 232 g/mol. The van der Waals surface area contributed by atoms with Crippen LogP contribution < -0.4 is 0 Å². The summed E-state index contributed by atoms with van der Waals surface area (Å²) in [4.78, 5) is 26.2. The van der Waals surface area contributed by atoms with Crippen LogP contribution in [0.3, 0.4) is 0 Å². The molecule has 0 aromatic heterocycles. The number of aliphatic carboxylic acids is 1. The van der Waals surface area contributed by atoms with Gasteiger partial charge < -0.3 is 14.9 Å². The highest BCUT2D eigenvalue weighted by Gasteiger charge is 2.24. The third kappa shape index (κ3) is 4.55. The summed E-state index contributed by atoms with van der Waals surface area (Å²) in [5.41, 5.74) is 0. The maximum Gasteiger partial charge on any atom is 0.319 e. The van der Waals surface area contributed by atoms with Gasteiger partial charge in [-0.2, -0.15) is 0 Å². The van der Waals surface area contributed by atoms with Gasteiger partial charge in [0.1, 0.15) is 0 Å². The van der Waals surface area contributed by atoms with Gasteiger partial charge in [0.25, 0.3) is 0 Å². The Morgan fingerprint density at radius 1 is 1.33 bits per heavy atom. The van der Waals surface area contributed by atoms with Crippen molar-refractivity contribution in [2.75, 3.05) is 20.1 Å². The van der Waals surface area contributed by atoms with Crippen LogP contribution in [0.25, 0.3) is 0 Å². The second-order valence-corrected chi connectivity index (χ2v) is 5.09. The molecule has 5 heteroatoms. The number of carboxylic acids is 1. The molecule has 1 saturated heterocycles. The topological polar surface area (TPSA) is 60.9 Å². The summed E-state index contributed by atoms with van der Waals surface area (Å²) >= 11 is 0. The minimum Gasteiger partial charge on any atom is -0.481 e. The number of hydrogen-bond acceptors (Lipinski definition) is 2. The number of hydrogen-bond donors (Lipinski definition) is 1. The number of amides is 2. The quantitative estimate of drug-likeness (QED) is 0.838.